The molecule has 0 rings (SSSR count). The first kappa shape index (κ1) is 58.9. The van der Waals surface area contributed by atoms with Gasteiger partial charge in [-0.15, -0.1) is 0 Å². The molecule has 0 aromatic rings. The van der Waals surface area contributed by atoms with Gasteiger partial charge < -0.3 is 14.2 Å². The molecule has 6 nitrogen and oxygen atoms in total. The number of carbonyl (C=O) groups excluding carboxylic acids is 3. The Bertz CT molecular complexity index is 989. The van der Waals surface area contributed by atoms with E-state index in [4.69, 9.17) is 14.2 Å². The minimum atomic E-state index is -0.770. The molecule has 0 saturated carbocycles. The van der Waals surface area contributed by atoms with Gasteiger partial charge in [0.15, 0.2) is 6.10 Å². The molecule has 0 aliphatic rings. The normalized spacial score (nSPS) is 12.1. The summed E-state index contributed by atoms with van der Waals surface area (Å²) in [6, 6.07) is 0. The molecule has 0 fully saturated rings. The third-order valence-corrected chi connectivity index (χ3v) is 11.9. The predicted molar refractivity (Wildman–Crippen MR) is 261 cm³/mol. The fraction of sp³-hybridized carbons (Fsp3) is 0.873. The fourth-order valence-electron chi connectivity index (χ4n) is 7.84. The van der Waals surface area contributed by atoms with E-state index in [9.17, 15) is 14.4 Å². The van der Waals surface area contributed by atoms with Gasteiger partial charge >= 0.3 is 17.9 Å². The predicted octanol–water partition coefficient (Wildman–Crippen LogP) is 17.5. The smallest absolute Gasteiger partial charge is 0.306 e. The molecule has 0 saturated heterocycles. The van der Waals surface area contributed by atoms with Crippen LogP contribution in [-0.4, -0.2) is 37.2 Å². The van der Waals surface area contributed by atoms with Gasteiger partial charge in [0.05, 0.1) is 0 Å². The number of unbranched alkanes of at least 4 members (excludes halogenated alkanes) is 34. The van der Waals surface area contributed by atoms with Crippen LogP contribution < -0.4 is 0 Å². The maximum atomic E-state index is 12.8. The van der Waals surface area contributed by atoms with Crippen molar-refractivity contribution in [3.8, 4) is 0 Å². The second kappa shape index (κ2) is 50.5. The zero-order valence-electron chi connectivity index (χ0n) is 40.9. The quantitative estimate of drug-likeness (QED) is 0.0262. The zero-order valence-corrected chi connectivity index (χ0v) is 40.9. The Balaban J connectivity index is 4.23. The second-order valence-corrected chi connectivity index (χ2v) is 18.1. The van der Waals surface area contributed by atoms with E-state index in [2.05, 4.69) is 45.1 Å². The van der Waals surface area contributed by atoms with E-state index < -0.39 is 6.10 Å². The van der Waals surface area contributed by atoms with Gasteiger partial charge in [-0.3, -0.25) is 14.4 Å². The van der Waals surface area contributed by atoms with Crippen LogP contribution in [0.5, 0.6) is 0 Å². The standard InChI is InChI=1S/C55H102O6/c1-4-7-10-13-16-19-21-23-24-25-26-27-28-29-30-32-33-36-39-42-45-48-54(57)60-51-52(50-59-53(56)47-44-41-38-35-18-15-12-9-6-3)61-55(58)49-46-43-40-37-34-31-22-20-17-14-11-8-5-2/h20,22,25-26,52H,4-19,21,23-24,27-51H2,1-3H3/b22-20-,26-25-. The SMILES string of the molecule is CCCCCC/C=C\CCCCCCCC(=O)OC(COC(=O)CCCCCCCCCCC)COC(=O)CCCCCCCCCCC/C=C\CCCCCCCCCC. The molecule has 0 aromatic heterocycles. The van der Waals surface area contributed by atoms with E-state index in [0.29, 0.717) is 19.3 Å². The molecule has 0 N–H and O–H groups in total. The monoisotopic (exact) mass is 859 g/mol. The average molecular weight is 859 g/mol. The molecule has 0 amide bonds. The third kappa shape index (κ3) is 48.8. The summed E-state index contributed by atoms with van der Waals surface area (Å²) in [4.78, 5) is 37.9. The van der Waals surface area contributed by atoms with Crippen LogP contribution in [-0.2, 0) is 28.6 Å². The molecule has 0 aromatic carbocycles. The Morgan fingerprint density at radius 2 is 0.541 bits per heavy atom. The minimum Gasteiger partial charge on any atom is -0.462 e. The molecule has 0 radical (unpaired) electrons. The van der Waals surface area contributed by atoms with E-state index in [1.54, 1.807) is 0 Å². The molecule has 6 heteroatoms. The molecule has 0 aliphatic heterocycles. The van der Waals surface area contributed by atoms with Crippen LogP contribution in [0.3, 0.4) is 0 Å². The number of carbonyl (C=O) groups is 3. The first-order chi connectivity index (χ1) is 30.0. The Morgan fingerprint density at radius 3 is 0.836 bits per heavy atom. The summed E-state index contributed by atoms with van der Waals surface area (Å²) in [6.45, 7) is 6.62. The highest BCUT2D eigenvalue weighted by atomic mass is 16.6. The van der Waals surface area contributed by atoms with Crippen molar-refractivity contribution in [1.29, 1.82) is 0 Å². The van der Waals surface area contributed by atoms with Crippen LogP contribution >= 0.6 is 0 Å². The van der Waals surface area contributed by atoms with Gasteiger partial charge in [0, 0.05) is 19.3 Å². The average Bonchev–Trinajstić information content (AvgIpc) is 3.26. The van der Waals surface area contributed by atoms with Crippen molar-refractivity contribution < 1.29 is 28.6 Å². The van der Waals surface area contributed by atoms with Crippen molar-refractivity contribution >= 4 is 17.9 Å². The lowest BCUT2D eigenvalue weighted by molar-refractivity contribution is -0.167. The van der Waals surface area contributed by atoms with Crippen molar-refractivity contribution in [2.75, 3.05) is 13.2 Å². The molecule has 1 atom stereocenters. The lowest BCUT2D eigenvalue weighted by atomic mass is 10.1. The van der Waals surface area contributed by atoms with Crippen LogP contribution in [0.1, 0.15) is 290 Å². The van der Waals surface area contributed by atoms with Crippen molar-refractivity contribution in [2.45, 2.75) is 297 Å². The summed E-state index contributed by atoms with van der Waals surface area (Å²) < 4.78 is 16.8. The molecule has 0 bridgehead atoms. The molecular formula is C55H102O6. The summed E-state index contributed by atoms with van der Waals surface area (Å²) in [5, 5.41) is 0. The number of esters is 3. The maximum Gasteiger partial charge on any atom is 0.306 e. The Morgan fingerprint density at radius 1 is 0.311 bits per heavy atom. The summed E-state index contributed by atoms with van der Waals surface area (Å²) >= 11 is 0. The van der Waals surface area contributed by atoms with Crippen molar-refractivity contribution in [1.82, 2.24) is 0 Å². The fourth-order valence-corrected chi connectivity index (χ4v) is 7.84. The van der Waals surface area contributed by atoms with E-state index in [1.807, 2.05) is 0 Å². The van der Waals surface area contributed by atoms with Gasteiger partial charge in [-0.1, -0.05) is 225 Å². The van der Waals surface area contributed by atoms with E-state index in [0.717, 1.165) is 64.2 Å². The van der Waals surface area contributed by atoms with Crippen molar-refractivity contribution in [3.05, 3.63) is 24.3 Å². The Labute approximate surface area is 379 Å². The van der Waals surface area contributed by atoms with Crippen LogP contribution in [0.25, 0.3) is 0 Å². The number of allylic oxidation sites excluding steroid dienone is 4. The molecule has 0 spiro atoms. The van der Waals surface area contributed by atoms with Gasteiger partial charge in [0.25, 0.3) is 0 Å². The van der Waals surface area contributed by atoms with Gasteiger partial charge in [0.2, 0.25) is 0 Å². The van der Waals surface area contributed by atoms with Crippen LogP contribution in [0.15, 0.2) is 24.3 Å². The van der Waals surface area contributed by atoms with Gasteiger partial charge in [0.1, 0.15) is 13.2 Å². The number of hydrogen-bond donors (Lipinski definition) is 0. The van der Waals surface area contributed by atoms with Crippen LogP contribution in [0.4, 0.5) is 0 Å². The first-order valence-corrected chi connectivity index (χ1v) is 26.8. The van der Waals surface area contributed by atoms with Gasteiger partial charge in [-0.2, -0.15) is 0 Å². The molecule has 0 heterocycles. The molecular weight excluding hydrogens is 757 g/mol. The molecule has 358 valence electrons. The highest BCUT2D eigenvalue weighted by Gasteiger charge is 2.19. The van der Waals surface area contributed by atoms with Crippen molar-refractivity contribution in [2.24, 2.45) is 0 Å². The van der Waals surface area contributed by atoms with E-state index in [-0.39, 0.29) is 31.1 Å². The first-order valence-electron chi connectivity index (χ1n) is 26.8. The summed E-state index contributed by atoms with van der Waals surface area (Å²) in [5.74, 6) is -0.873. The molecule has 61 heavy (non-hydrogen) atoms. The number of ether oxygens (including phenoxy) is 3. The van der Waals surface area contributed by atoms with Gasteiger partial charge in [-0.05, 0) is 70.6 Å². The zero-order chi connectivity index (χ0) is 44.4. The van der Waals surface area contributed by atoms with Crippen molar-refractivity contribution in [3.63, 3.8) is 0 Å². The van der Waals surface area contributed by atoms with Crippen LogP contribution in [0.2, 0.25) is 0 Å². The molecule has 1 unspecified atom stereocenters. The highest BCUT2D eigenvalue weighted by Crippen LogP contribution is 2.15. The third-order valence-electron chi connectivity index (χ3n) is 11.9. The van der Waals surface area contributed by atoms with E-state index >= 15 is 0 Å². The summed E-state index contributed by atoms with van der Waals surface area (Å²) in [5.41, 5.74) is 0. The lowest BCUT2D eigenvalue weighted by Crippen LogP contribution is -2.30. The Kier molecular flexibility index (Phi) is 48.8. The maximum absolute atomic E-state index is 12.8. The van der Waals surface area contributed by atoms with Crippen LogP contribution in [0, 0.1) is 0 Å². The van der Waals surface area contributed by atoms with E-state index in [1.165, 1.54) is 186 Å². The second-order valence-electron chi connectivity index (χ2n) is 18.1. The summed E-state index contributed by atoms with van der Waals surface area (Å²) in [7, 11) is 0. The summed E-state index contributed by atoms with van der Waals surface area (Å²) in [6.07, 6.45) is 57.4. The number of hydrogen-bond acceptors (Lipinski definition) is 6. The lowest BCUT2D eigenvalue weighted by Gasteiger charge is -2.18. The Hall–Kier alpha value is -2.11. The highest BCUT2D eigenvalue weighted by molar-refractivity contribution is 5.71. The number of rotatable bonds is 49. The topological polar surface area (TPSA) is 78.9 Å². The largest absolute Gasteiger partial charge is 0.462 e. The van der Waals surface area contributed by atoms with Gasteiger partial charge in [-0.25, -0.2) is 0 Å². The minimum absolute atomic E-state index is 0.0720. The molecule has 0 aliphatic carbocycles.